The van der Waals surface area contributed by atoms with Crippen molar-refractivity contribution < 1.29 is 19.0 Å². The molecule has 2 rings (SSSR count). The van der Waals surface area contributed by atoms with Crippen LogP contribution in [0.2, 0.25) is 10.0 Å². The summed E-state index contributed by atoms with van der Waals surface area (Å²) in [7, 11) is 0. The number of ether oxygens (including phenoxy) is 3. The summed E-state index contributed by atoms with van der Waals surface area (Å²) in [5.74, 6) is 0.405. The Morgan fingerprint density at radius 3 is 2.28 bits per heavy atom. The molecule has 0 fully saturated rings. The fourth-order valence-corrected chi connectivity index (χ4v) is 3.27. The molecule has 2 aromatic carbocycles. The molecule has 0 aromatic heterocycles. The molecule has 1 unspecified atom stereocenters. The van der Waals surface area contributed by atoms with E-state index in [9.17, 15) is 4.79 Å². The molecule has 0 saturated carbocycles. The number of halogens is 2. The third-order valence-electron chi connectivity index (χ3n) is 4.22. The zero-order valence-corrected chi connectivity index (χ0v) is 18.4. The lowest BCUT2D eigenvalue weighted by Gasteiger charge is -2.15. The van der Waals surface area contributed by atoms with Crippen LogP contribution in [0.15, 0.2) is 48.5 Å². The van der Waals surface area contributed by atoms with Gasteiger partial charge in [0, 0.05) is 23.1 Å². The average molecular weight is 437 g/mol. The van der Waals surface area contributed by atoms with E-state index >= 15 is 0 Å². The van der Waals surface area contributed by atoms with Crippen LogP contribution in [0.5, 0.6) is 5.75 Å². The number of allylic oxidation sites excluding steroid dienone is 1. The first-order valence-corrected chi connectivity index (χ1v) is 10.3. The standard InChI is InChI=1S/C23H26Cl2O4/c1-4-27-22(23(26)28-5-2)12-17-6-8-21(9-7-17)29-11-10-16(3)18-13-19(24)15-20(25)14-18/h6-10,13-15,22H,4-5,11-12H2,1-3H3/b16-10+. The van der Waals surface area contributed by atoms with E-state index in [1.165, 1.54) is 0 Å². The van der Waals surface area contributed by atoms with E-state index in [0.717, 1.165) is 22.4 Å². The fourth-order valence-electron chi connectivity index (χ4n) is 2.74. The molecule has 0 spiro atoms. The Bertz CT molecular complexity index is 811. The highest BCUT2D eigenvalue weighted by Crippen LogP contribution is 2.24. The highest BCUT2D eigenvalue weighted by Gasteiger charge is 2.20. The third kappa shape index (κ3) is 7.73. The molecule has 29 heavy (non-hydrogen) atoms. The molecule has 156 valence electrons. The summed E-state index contributed by atoms with van der Waals surface area (Å²) in [6.45, 7) is 6.83. The highest BCUT2D eigenvalue weighted by molar-refractivity contribution is 6.34. The lowest BCUT2D eigenvalue weighted by atomic mass is 10.1. The molecule has 1 atom stereocenters. The van der Waals surface area contributed by atoms with E-state index in [1.54, 1.807) is 13.0 Å². The molecule has 0 aliphatic carbocycles. The molecule has 0 heterocycles. The number of rotatable bonds is 10. The number of carbonyl (C=O) groups is 1. The first-order valence-electron chi connectivity index (χ1n) is 9.56. The predicted molar refractivity (Wildman–Crippen MR) is 118 cm³/mol. The lowest BCUT2D eigenvalue weighted by molar-refractivity contribution is -0.156. The van der Waals surface area contributed by atoms with E-state index in [-0.39, 0.29) is 5.97 Å². The van der Waals surface area contributed by atoms with Gasteiger partial charge in [-0.15, -0.1) is 0 Å². The van der Waals surface area contributed by atoms with Gasteiger partial charge in [0.15, 0.2) is 6.10 Å². The van der Waals surface area contributed by atoms with E-state index in [2.05, 4.69) is 0 Å². The number of benzene rings is 2. The second kappa shape index (κ2) is 11.9. The summed E-state index contributed by atoms with van der Waals surface area (Å²) in [6.07, 6.45) is 1.84. The van der Waals surface area contributed by atoms with Gasteiger partial charge in [-0.3, -0.25) is 0 Å². The predicted octanol–water partition coefficient (Wildman–Crippen LogP) is 5.99. The molecule has 0 aliphatic heterocycles. The van der Waals surface area contributed by atoms with Crippen LogP contribution >= 0.6 is 23.2 Å². The number of hydrogen-bond donors (Lipinski definition) is 0. The second-order valence-corrected chi connectivity index (χ2v) is 7.27. The summed E-state index contributed by atoms with van der Waals surface area (Å²) >= 11 is 12.1. The van der Waals surface area contributed by atoms with E-state index in [1.807, 2.05) is 56.3 Å². The maximum Gasteiger partial charge on any atom is 0.335 e. The van der Waals surface area contributed by atoms with Gasteiger partial charge < -0.3 is 14.2 Å². The largest absolute Gasteiger partial charge is 0.490 e. The van der Waals surface area contributed by atoms with E-state index < -0.39 is 6.10 Å². The molecule has 0 saturated heterocycles. The van der Waals surface area contributed by atoms with Gasteiger partial charge in [0.2, 0.25) is 0 Å². The minimum absolute atomic E-state index is 0.337. The van der Waals surface area contributed by atoms with Crippen LogP contribution < -0.4 is 4.74 Å². The summed E-state index contributed by atoms with van der Waals surface area (Å²) in [5, 5.41) is 1.20. The highest BCUT2D eigenvalue weighted by atomic mass is 35.5. The van der Waals surface area contributed by atoms with Crippen LogP contribution in [0.3, 0.4) is 0 Å². The second-order valence-electron chi connectivity index (χ2n) is 6.40. The van der Waals surface area contributed by atoms with Crippen molar-refractivity contribution in [1.82, 2.24) is 0 Å². The lowest BCUT2D eigenvalue weighted by Crippen LogP contribution is -2.28. The quantitative estimate of drug-likeness (QED) is 0.429. The first kappa shape index (κ1) is 23.3. The number of esters is 1. The minimum atomic E-state index is -0.596. The molecule has 6 heteroatoms. The SMILES string of the molecule is CCOC(=O)C(Cc1ccc(OC/C=C(\C)c2cc(Cl)cc(Cl)c2)cc1)OCC. The van der Waals surface area contributed by atoms with Crippen LogP contribution in [0.4, 0.5) is 0 Å². The fraction of sp³-hybridized carbons (Fsp3) is 0.348. The molecule has 0 amide bonds. The van der Waals surface area contributed by atoms with Gasteiger partial charge in [0.25, 0.3) is 0 Å². The molecule has 0 radical (unpaired) electrons. The molecular weight excluding hydrogens is 411 g/mol. The van der Waals surface area contributed by atoms with E-state index in [0.29, 0.717) is 36.3 Å². The Labute approximate surface area is 182 Å². The van der Waals surface area contributed by atoms with Gasteiger partial charge in [-0.25, -0.2) is 4.79 Å². The van der Waals surface area contributed by atoms with Gasteiger partial charge in [-0.05, 0) is 73.9 Å². The molecule has 0 bridgehead atoms. The van der Waals surface area contributed by atoms with Crippen LogP contribution in [-0.2, 0) is 20.7 Å². The molecule has 0 aliphatic rings. The monoisotopic (exact) mass is 436 g/mol. The topological polar surface area (TPSA) is 44.8 Å². The van der Waals surface area contributed by atoms with Gasteiger partial charge in [0.1, 0.15) is 12.4 Å². The average Bonchev–Trinajstić information content (AvgIpc) is 2.68. The Morgan fingerprint density at radius 2 is 1.69 bits per heavy atom. The van der Waals surface area contributed by atoms with Crippen LogP contribution in [0.25, 0.3) is 5.57 Å². The normalized spacial score (nSPS) is 12.5. The van der Waals surface area contributed by atoms with Crippen molar-refractivity contribution >= 4 is 34.7 Å². The molecule has 2 aromatic rings. The zero-order valence-electron chi connectivity index (χ0n) is 16.9. The maximum atomic E-state index is 12.0. The van der Waals surface area contributed by atoms with Crippen LogP contribution in [0, 0.1) is 0 Å². The van der Waals surface area contributed by atoms with Crippen LogP contribution in [-0.4, -0.2) is 31.9 Å². The summed E-state index contributed by atoms with van der Waals surface area (Å²) in [4.78, 5) is 12.0. The first-order chi connectivity index (χ1) is 13.9. The number of hydrogen-bond acceptors (Lipinski definition) is 4. The third-order valence-corrected chi connectivity index (χ3v) is 4.66. The number of carbonyl (C=O) groups excluding carboxylic acids is 1. The Morgan fingerprint density at radius 1 is 1.03 bits per heavy atom. The van der Waals surface area contributed by atoms with Gasteiger partial charge in [-0.2, -0.15) is 0 Å². The molecular formula is C23H26Cl2O4. The van der Waals surface area contributed by atoms with Crippen molar-refractivity contribution in [3.63, 3.8) is 0 Å². The Balaban J connectivity index is 1.93. The van der Waals surface area contributed by atoms with Crippen molar-refractivity contribution in [1.29, 1.82) is 0 Å². The van der Waals surface area contributed by atoms with Crippen molar-refractivity contribution in [2.45, 2.75) is 33.3 Å². The van der Waals surface area contributed by atoms with Gasteiger partial charge >= 0.3 is 5.97 Å². The Kier molecular flexibility index (Phi) is 9.52. The van der Waals surface area contributed by atoms with Crippen molar-refractivity contribution in [3.05, 3.63) is 69.7 Å². The minimum Gasteiger partial charge on any atom is -0.490 e. The Hall–Kier alpha value is -2.01. The van der Waals surface area contributed by atoms with Crippen LogP contribution in [0.1, 0.15) is 31.9 Å². The molecule has 4 nitrogen and oxygen atoms in total. The summed E-state index contributed by atoms with van der Waals surface area (Å²) in [6, 6.07) is 13.0. The summed E-state index contributed by atoms with van der Waals surface area (Å²) in [5.41, 5.74) is 2.96. The van der Waals surface area contributed by atoms with Gasteiger partial charge in [-0.1, -0.05) is 35.3 Å². The van der Waals surface area contributed by atoms with Crippen molar-refractivity contribution in [3.8, 4) is 5.75 Å². The smallest absolute Gasteiger partial charge is 0.335 e. The maximum absolute atomic E-state index is 12.0. The summed E-state index contributed by atoms with van der Waals surface area (Å²) < 4.78 is 16.4. The van der Waals surface area contributed by atoms with Gasteiger partial charge in [0.05, 0.1) is 6.61 Å². The van der Waals surface area contributed by atoms with Crippen molar-refractivity contribution in [2.75, 3.05) is 19.8 Å². The molecule has 0 N–H and O–H groups in total. The van der Waals surface area contributed by atoms with E-state index in [4.69, 9.17) is 37.4 Å². The van der Waals surface area contributed by atoms with Crippen molar-refractivity contribution in [2.24, 2.45) is 0 Å². The zero-order chi connectivity index (χ0) is 21.2.